The number of hydrogen-bond donors (Lipinski definition) is 1. The van der Waals surface area contributed by atoms with Gasteiger partial charge in [-0.25, -0.2) is 4.98 Å². The third-order valence-electron chi connectivity index (χ3n) is 2.93. The number of carbonyl (C=O) groups is 1. The Hall–Kier alpha value is -1.47. The van der Waals surface area contributed by atoms with Crippen LogP contribution in [0.5, 0.6) is 0 Å². The van der Waals surface area contributed by atoms with Crippen LogP contribution in [0.3, 0.4) is 0 Å². The van der Waals surface area contributed by atoms with E-state index in [9.17, 15) is 4.79 Å². The number of hydrogen-bond acceptors (Lipinski definition) is 5. The highest BCUT2D eigenvalue weighted by Gasteiger charge is 2.10. The van der Waals surface area contributed by atoms with E-state index in [1.165, 1.54) is 11.5 Å². The molecular formula is C14H17BrN4OS. The van der Waals surface area contributed by atoms with E-state index in [2.05, 4.69) is 30.6 Å². The van der Waals surface area contributed by atoms with Crippen LogP contribution in [-0.4, -0.2) is 33.8 Å². The highest BCUT2D eigenvalue weighted by molar-refractivity contribution is 9.10. The summed E-state index contributed by atoms with van der Waals surface area (Å²) in [6.45, 7) is 3.00. The molecule has 0 aliphatic carbocycles. The van der Waals surface area contributed by atoms with Gasteiger partial charge in [-0.05, 0) is 18.6 Å². The van der Waals surface area contributed by atoms with Gasteiger partial charge in [0.05, 0.1) is 0 Å². The molecule has 0 aliphatic rings. The minimum Gasteiger partial charge on any atom is -0.360 e. The molecule has 0 saturated heterocycles. The van der Waals surface area contributed by atoms with Gasteiger partial charge in [0, 0.05) is 42.6 Å². The zero-order chi connectivity index (χ0) is 15.2. The van der Waals surface area contributed by atoms with Gasteiger partial charge in [0.15, 0.2) is 0 Å². The Kier molecular flexibility index (Phi) is 5.69. The lowest BCUT2D eigenvalue weighted by atomic mass is 10.2. The zero-order valence-electron chi connectivity index (χ0n) is 12.0. The van der Waals surface area contributed by atoms with Crippen molar-refractivity contribution >= 4 is 38.5 Å². The SMILES string of the molecule is Cc1nsc(NCCC(=O)N(C)Cc2ccccc2Br)n1. The molecule has 112 valence electrons. The van der Waals surface area contributed by atoms with Crippen LogP contribution in [0.2, 0.25) is 0 Å². The van der Waals surface area contributed by atoms with Gasteiger partial charge in [-0.15, -0.1) is 0 Å². The van der Waals surface area contributed by atoms with E-state index < -0.39 is 0 Å². The molecule has 1 heterocycles. The number of halogens is 1. The molecule has 1 aromatic carbocycles. The number of benzene rings is 1. The van der Waals surface area contributed by atoms with Crippen LogP contribution in [0.15, 0.2) is 28.7 Å². The quantitative estimate of drug-likeness (QED) is 0.850. The number of aryl methyl sites for hydroxylation is 1. The van der Waals surface area contributed by atoms with E-state index in [1.807, 2.05) is 38.2 Å². The number of nitrogens with zero attached hydrogens (tertiary/aromatic N) is 3. The maximum absolute atomic E-state index is 12.1. The molecule has 0 aliphatic heterocycles. The van der Waals surface area contributed by atoms with Crippen molar-refractivity contribution in [3.8, 4) is 0 Å². The highest BCUT2D eigenvalue weighted by Crippen LogP contribution is 2.17. The van der Waals surface area contributed by atoms with Crippen molar-refractivity contribution in [2.75, 3.05) is 18.9 Å². The minimum atomic E-state index is 0.0968. The Labute approximate surface area is 136 Å². The van der Waals surface area contributed by atoms with Gasteiger partial charge < -0.3 is 10.2 Å². The van der Waals surface area contributed by atoms with Crippen molar-refractivity contribution in [2.24, 2.45) is 0 Å². The lowest BCUT2D eigenvalue weighted by Gasteiger charge is -2.18. The number of anilines is 1. The predicted molar refractivity (Wildman–Crippen MR) is 88.4 cm³/mol. The van der Waals surface area contributed by atoms with Crippen LogP contribution in [0.25, 0.3) is 0 Å². The molecule has 0 saturated carbocycles. The van der Waals surface area contributed by atoms with Crippen LogP contribution in [0, 0.1) is 6.92 Å². The van der Waals surface area contributed by atoms with E-state index >= 15 is 0 Å². The molecule has 7 heteroatoms. The maximum Gasteiger partial charge on any atom is 0.224 e. The van der Waals surface area contributed by atoms with Crippen molar-refractivity contribution in [3.05, 3.63) is 40.1 Å². The number of rotatable bonds is 6. The molecule has 0 fully saturated rings. The maximum atomic E-state index is 12.1. The summed E-state index contributed by atoms with van der Waals surface area (Å²) in [5, 5.41) is 3.87. The molecule has 0 atom stereocenters. The van der Waals surface area contributed by atoms with Crippen molar-refractivity contribution in [1.82, 2.24) is 14.3 Å². The minimum absolute atomic E-state index is 0.0968. The molecule has 5 nitrogen and oxygen atoms in total. The molecule has 0 spiro atoms. The fraction of sp³-hybridized carbons (Fsp3) is 0.357. The van der Waals surface area contributed by atoms with Gasteiger partial charge in [0.2, 0.25) is 11.0 Å². The number of aromatic nitrogens is 2. The van der Waals surface area contributed by atoms with Crippen LogP contribution in [0.4, 0.5) is 5.13 Å². The van der Waals surface area contributed by atoms with Crippen LogP contribution in [0.1, 0.15) is 17.8 Å². The van der Waals surface area contributed by atoms with Gasteiger partial charge in [0.1, 0.15) is 5.82 Å². The summed E-state index contributed by atoms with van der Waals surface area (Å²) in [6, 6.07) is 7.92. The number of nitrogens with one attached hydrogen (secondary N) is 1. The van der Waals surface area contributed by atoms with Crippen LogP contribution in [-0.2, 0) is 11.3 Å². The second kappa shape index (κ2) is 7.51. The van der Waals surface area contributed by atoms with Crippen LogP contribution < -0.4 is 5.32 Å². The fourth-order valence-corrected chi connectivity index (χ4v) is 2.82. The molecule has 2 aromatic rings. The highest BCUT2D eigenvalue weighted by atomic mass is 79.9. The summed E-state index contributed by atoms with van der Waals surface area (Å²) < 4.78 is 5.10. The smallest absolute Gasteiger partial charge is 0.224 e. The van der Waals surface area contributed by atoms with E-state index in [4.69, 9.17) is 0 Å². The first-order valence-electron chi connectivity index (χ1n) is 6.58. The Balaban J connectivity index is 1.79. The fourth-order valence-electron chi connectivity index (χ4n) is 1.81. The van der Waals surface area contributed by atoms with Gasteiger partial charge >= 0.3 is 0 Å². The zero-order valence-corrected chi connectivity index (χ0v) is 14.4. The normalized spacial score (nSPS) is 10.4. The topological polar surface area (TPSA) is 58.1 Å². The first kappa shape index (κ1) is 15.9. The summed E-state index contributed by atoms with van der Waals surface area (Å²) in [5.74, 6) is 0.847. The lowest BCUT2D eigenvalue weighted by molar-refractivity contribution is -0.130. The third kappa shape index (κ3) is 4.78. The van der Waals surface area contributed by atoms with E-state index in [0.29, 0.717) is 19.5 Å². The predicted octanol–water partition coefficient (Wildman–Crippen LogP) is 3.07. The Morgan fingerprint density at radius 3 is 2.86 bits per heavy atom. The second-order valence-corrected chi connectivity index (χ2v) is 6.27. The van der Waals surface area contributed by atoms with Crippen LogP contribution >= 0.6 is 27.5 Å². The summed E-state index contributed by atoms with van der Waals surface area (Å²) in [4.78, 5) is 18.0. The van der Waals surface area contributed by atoms with Crippen molar-refractivity contribution in [3.63, 3.8) is 0 Å². The summed E-state index contributed by atoms with van der Waals surface area (Å²) in [5.41, 5.74) is 1.10. The molecule has 1 N–H and O–H groups in total. The number of carbonyl (C=O) groups excluding carboxylic acids is 1. The van der Waals surface area contributed by atoms with Gasteiger partial charge in [-0.2, -0.15) is 4.37 Å². The molecule has 0 unspecified atom stereocenters. The lowest BCUT2D eigenvalue weighted by Crippen LogP contribution is -2.27. The van der Waals surface area contributed by atoms with Gasteiger partial charge in [0.25, 0.3) is 0 Å². The summed E-state index contributed by atoms with van der Waals surface area (Å²) in [7, 11) is 1.82. The van der Waals surface area contributed by atoms with Crippen molar-refractivity contribution < 1.29 is 4.79 Å². The third-order valence-corrected chi connectivity index (χ3v) is 4.47. The molecule has 1 amide bonds. The molecule has 0 bridgehead atoms. The molecule has 2 rings (SSSR count). The van der Waals surface area contributed by atoms with E-state index in [1.54, 1.807) is 4.90 Å². The summed E-state index contributed by atoms with van der Waals surface area (Å²) in [6.07, 6.45) is 0.430. The largest absolute Gasteiger partial charge is 0.360 e. The molecule has 0 radical (unpaired) electrons. The number of amides is 1. The molecule has 21 heavy (non-hydrogen) atoms. The van der Waals surface area contributed by atoms with E-state index in [-0.39, 0.29) is 5.91 Å². The Morgan fingerprint density at radius 1 is 1.43 bits per heavy atom. The summed E-state index contributed by atoms with van der Waals surface area (Å²) >= 11 is 4.81. The van der Waals surface area contributed by atoms with Gasteiger partial charge in [-0.1, -0.05) is 34.1 Å². The monoisotopic (exact) mass is 368 g/mol. The van der Waals surface area contributed by atoms with Crippen molar-refractivity contribution in [1.29, 1.82) is 0 Å². The first-order valence-corrected chi connectivity index (χ1v) is 8.14. The Morgan fingerprint density at radius 2 is 2.19 bits per heavy atom. The second-order valence-electron chi connectivity index (χ2n) is 4.66. The Bertz CT molecular complexity index is 617. The van der Waals surface area contributed by atoms with Gasteiger partial charge in [-0.3, -0.25) is 4.79 Å². The average Bonchev–Trinajstić information content (AvgIpc) is 2.87. The standard InChI is InChI=1S/C14H17BrN4OS/c1-10-17-14(21-18-10)16-8-7-13(20)19(2)9-11-5-3-4-6-12(11)15/h3-6H,7-9H2,1-2H3,(H,16,17,18). The van der Waals surface area contributed by atoms with E-state index in [0.717, 1.165) is 21.0 Å². The molecule has 1 aromatic heterocycles. The molecular weight excluding hydrogens is 352 g/mol. The average molecular weight is 369 g/mol. The van der Waals surface area contributed by atoms with Crippen molar-refractivity contribution in [2.45, 2.75) is 19.9 Å². The first-order chi connectivity index (χ1) is 10.1.